The smallest absolute Gasteiger partial charge is 0.253 e. The Morgan fingerprint density at radius 3 is 2.50 bits per heavy atom. The maximum Gasteiger partial charge on any atom is 0.253 e. The van der Waals surface area contributed by atoms with Crippen molar-refractivity contribution in [3.63, 3.8) is 0 Å². The van der Waals surface area contributed by atoms with E-state index in [-0.39, 0.29) is 5.91 Å². The molecule has 0 saturated carbocycles. The summed E-state index contributed by atoms with van der Waals surface area (Å²) in [7, 11) is 0. The van der Waals surface area contributed by atoms with Crippen molar-refractivity contribution in [2.45, 2.75) is 26.2 Å². The predicted molar refractivity (Wildman–Crippen MR) is 69.5 cm³/mol. The Kier molecular flexibility index (Phi) is 3.65. The van der Waals surface area contributed by atoms with Crippen molar-refractivity contribution in [1.29, 1.82) is 0 Å². The number of hydrogen-bond acceptors (Lipinski definition) is 2. The standard InChI is InChI=1S/C14H18N2O2/c1-2-10-9-11(5-6-12(10)13(15)17)14(18)16-7-3-4-8-16/h5-6,9H,2-4,7-8H2,1H3,(H2,15,17). The Labute approximate surface area is 107 Å². The van der Waals surface area contributed by atoms with E-state index in [0.717, 1.165) is 31.5 Å². The van der Waals surface area contributed by atoms with E-state index in [1.54, 1.807) is 18.2 Å². The number of nitrogens with zero attached hydrogens (tertiary/aromatic N) is 1. The lowest BCUT2D eigenvalue weighted by molar-refractivity contribution is 0.0792. The molecule has 4 heteroatoms. The van der Waals surface area contributed by atoms with Crippen LogP contribution in [-0.4, -0.2) is 29.8 Å². The Bertz CT molecular complexity index is 477. The van der Waals surface area contributed by atoms with Crippen molar-refractivity contribution in [1.82, 2.24) is 4.90 Å². The van der Waals surface area contributed by atoms with Crippen LogP contribution in [0.5, 0.6) is 0 Å². The Morgan fingerprint density at radius 1 is 1.28 bits per heavy atom. The first-order valence-corrected chi connectivity index (χ1v) is 6.35. The molecule has 0 aliphatic carbocycles. The fraction of sp³-hybridized carbons (Fsp3) is 0.429. The molecule has 1 aromatic carbocycles. The molecule has 1 aliphatic rings. The van der Waals surface area contributed by atoms with Crippen molar-refractivity contribution >= 4 is 11.8 Å². The van der Waals surface area contributed by atoms with Gasteiger partial charge in [0.25, 0.3) is 5.91 Å². The summed E-state index contributed by atoms with van der Waals surface area (Å²) in [5, 5.41) is 0. The van der Waals surface area contributed by atoms with Gasteiger partial charge in [0.15, 0.2) is 0 Å². The SMILES string of the molecule is CCc1cc(C(=O)N2CCCC2)ccc1C(N)=O. The zero-order valence-electron chi connectivity index (χ0n) is 10.6. The third kappa shape index (κ3) is 2.37. The first-order valence-electron chi connectivity index (χ1n) is 6.35. The van der Waals surface area contributed by atoms with E-state index in [9.17, 15) is 9.59 Å². The first kappa shape index (κ1) is 12.6. The Morgan fingerprint density at radius 2 is 1.94 bits per heavy atom. The molecule has 1 aliphatic heterocycles. The third-order valence-corrected chi connectivity index (χ3v) is 3.39. The minimum atomic E-state index is -0.438. The lowest BCUT2D eigenvalue weighted by Gasteiger charge is -2.16. The summed E-state index contributed by atoms with van der Waals surface area (Å²) < 4.78 is 0. The normalized spacial score (nSPS) is 14.8. The van der Waals surface area contributed by atoms with E-state index in [1.807, 2.05) is 11.8 Å². The highest BCUT2D eigenvalue weighted by Gasteiger charge is 2.20. The summed E-state index contributed by atoms with van der Waals surface area (Å²) in [4.78, 5) is 25.3. The summed E-state index contributed by atoms with van der Waals surface area (Å²) in [6, 6.07) is 5.14. The highest BCUT2D eigenvalue weighted by atomic mass is 16.2. The highest BCUT2D eigenvalue weighted by molar-refractivity contribution is 5.98. The van der Waals surface area contributed by atoms with Crippen molar-refractivity contribution in [2.24, 2.45) is 5.73 Å². The van der Waals surface area contributed by atoms with E-state index >= 15 is 0 Å². The molecule has 2 N–H and O–H groups in total. The van der Waals surface area contributed by atoms with Gasteiger partial charge in [0.05, 0.1) is 0 Å². The molecular formula is C14H18N2O2. The van der Waals surface area contributed by atoms with E-state index in [0.29, 0.717) is 17.5 Å². The van der Waals surface area contributed by atoms with Gasteiger partial charge in [-0.05, 0) is 43.0 Å². The van der Waals surface area contributed by atoms with Gasteiger partial charge in [-0.1, -0.05) is 6.92 Å². The van der Waals surface area contributed by atoms with Crippen LogP contribution in [0.15, 0.2) is 18.2 Å². The number of likely N-dealkylation sites (tertiary alicyclic amines) is 1. The molecule has 2 amide bonds. The second-order valence-corrected chi connectivity index (χ2v) is 4.59. The van der Waals surface area contributed by atoms with Gasteiger partial charge in [-0.15, -0.1) is 0 Å². The average molecular weight is 246 g/mol. The zero-order valence-corrected chi connectivity index (χ0v) is 10.6. The number of carbonyl (C=O) groups is 2. The molecule has 0 unspecified atom stereocenters. The van der Waals surface area contributed by atoms with Crippen molar-refractivity contribution in [2.75, 3.05) is 13.1 Å². The number of benzene rings is 1. The molecule has 0 atom stereocenters. The first-order chi connectivity index (χ1) is 8.63. The van der Waals surface area contributed by atoms with Crippen molar-refractivity contribution in [3.8, 4) is 0 Å². The third-order valence-electron chi connectivity index (χ3n) is 3.39. The molecule has 1 aromatic rings. The zero-order chi connectivity index (χ0) is 13.1. The van der Waals surface area contributed by atoms with Gasteiger partial charge >= 0.3 is 0 Å². The van der Waals surface area contributed by atoms with Crippen LogP contribution in [-0.2, 0) is 6.42 Å². The number of primary amides is 1. The number of carbonyl (C=O) groups excluding carboxylic acids is 2. The van der Waals surface area contributed by atoms with Crippen LogP contribution in [0.4, 0.5) is 0 Å². The second kappa shape index (κ2) is 5.21. The minimum Gasteiger partial charge on any atom is -0.366 e. The number of aryl methyl sites for hydroxylation is 1. The van der Waals surface area contributed by atoms with Crippen LogP contribution in [0.1, 0.15) is 46.0 Å². The van der Waals surface area contributed by atoms with Crippen molar-refractivity contribution in [3.05, 3.63) is 34.9 Å². The van der Waals surface area contributed by atoms with Gasteiger partial charge in [0, 0.05) is 24.2 Å². The molecule has 18 heavy (non-hydrogen) atoms. The molecule has 0 aromatic heterocycles. The van der Waals surface area contributed by atoms with Gasteiger partial charge in [-0.3, -0.25) is 9.59 Å². The molecule has 0 bridgehead atoms. The number of rotatable bonds is 3. The van der Waals surface area contributed by atoms with E-state index in [1.165, 1.54) is 0 Å². The highest BCUT2D eigenvalue weighted by Crippen LogP contribution is 2.17. The van der Waals surface area contributed by atoms with Gasteiger partial charge in [-0.2, -0.15) is 0 Å². The summed E-state index contributed by atoms with van der Waals surface area (Å²) in [6.07, 6.45) is 2.84. The number of hydrogen-bond donors (Lipinski definition) is 1. The molecule has 1 fully saturated rings. The number of nitrogens with two attached hydrogens (primary N) is 1. The molecule has 1 heterocycles. The Balaban J connectivity index is 2.29. The maximum atomic E-state index is 12.2. The second-order valence-electron chi connectivity index (χ2n) is 4.59. The largest absolute Gasteiger partial charge is 0.366 e. The van der Waals surface area contributed by atoms with E-state index in [4.69, 9.17) is 5.73 Å². The fourth-order valence-corrected chi connectivity index (χ4v) is 2.36. The van der Waals surface area contributed by atoms with Crippen LogP contribution >= 0.6 is 0 Å². The molecule has 1 saturated heterocycles. The molecular weight excluding hydrogens is 228 g/mol. The lowest BCUT2D eigenvalue weighted by atomic mass is 10.0. The molecule has 96 valence electrons. The van der Waals surface area contributed by atoms with Crippen LogP contribution in [0.25, 0.3) is 0 Å². The van der Waals surface area contributed by atoms with Crippen LogP contribution in [0, 0.1) is 0 Å². The molecule has 0 radical (unpaired) electrons. The van der Waals surface area contributed by atoms with Gasteiger partial charge < -0.3 is 10.6 Å². The summed E-state index contributed by atoms with van der Waals surface area (Å²) in [5.41, 5.74) is 7.31. The quantitative estimate of drug-likeness (QED) is 0.880. The predicted octanol–water partition coefficient (Wildman–Crippen LogP) is 1.58. The van der Waals surface area contributed by atoms with Crippen LogP contribution in [0.2, 0.25) is 0 Å². The topological polar surface area (TPSA) is 63.4 Å². The monoisotopic (exact) mass is 246 g/mol. The number of amides is 2. The van der Waals surface area contributed by atoms with Crippen LogP contribution < -0.4 is 5.73 Å². The maximum absolute atomic E-state index is 12.2. The molecule has 4 nitrogen and oxygen atoms in total. The molecule has 0 spiro atoms. The lowest BCUT2D eigenvalue weighted by Crippen LogP contribution is -2.28. The van der Waals surface area contributed by atoms with Gasteiger partial charge in [0.2, 0.25) is 5.91 Å². The van der Waals surface area contributed by atoms with Gasteiger partial charge in [0.1, 0.15) is 0 Å². The van der Waals surface area contributed by atoms with Crippen LogP contribution in [0.3, 0.4) is 0 Å². The molecule has 2 rings (SSSR count). The summed E-state index contributed by atoms with van der Waals surface area (Å²) in [6.45, 7) is 3.61. The fourth-order valence-electron chi connectivity index (χ4n) is 2.36. The van der Waals surface area contributed by atoms with E-state index in [2.05, 4.69) is 0 Å². The Hall–Kier alpha value is -1.84. The summed E-state index contributed by atoms with van der Waals surface area (Å²) >= 11 is 0. The average Bonchev–Trinajstić information content (AvgIpc) is 2.90. The van der Waals surface area contributed by atoms with E-state index < -0.39 is 5.91 Å². The van der Waals surface area contributed by atoms with Gasteiger partial charge in [-0.25, -0.2) is 0 Å². The summed E-state index contributed by atoms with van der Waals surface area (Å²) in [5.74, 6) is -0.384. The minimum absolute atomic E-state index is 0.0539. The van der Waals surface area contributed by atoms with Crippen molar-refractivity contribution < 1.29 is 9.59 Å².